The predicted molar refractivity (Wildman–Crippen MR) is 70.3 cm³/mol. The third-order valence-corrected chi connectivity index (χ3v) is 3.52. The summed E-state index contributed by atoms with van der Waals surface area (Å²) in [5.74, 6) is 1.24. The second kappa shape index (κ2) is 4.65. The Hall–Kier alpha value is -1.49. The maximum Gasteiger partial charge on any atom is 0.199 e. The Bertz CT molecular complexity index is 533. The van der Waals surface area contributed by atoms with Gasteiger partial charge in [0.25, 0.3) is 0 Å². The van der Waals surface area contributed by atoms with Crippen molar-refractivity contribution in [2.45, 2.75) is 26.2 Å². The molecule has 1 atom stereocenters. The van der Waals surface area contributed by atoms with Crippen LogP contribution in [-0.2, 0) is 0 Å². The van der Waals surface area contributed by atoms with Crippen LogP contribution in [0.2, 0.25) is 0 Å². The highest BCUT2D eigenvalue weighted by Gasteiger charge is 2.27. The molecule has 3 heterocycles. The molecule has 96 valence electrons. The van der Waals surface area contributed by atoms with Gasteiger partial charge in [0.15, 0.2) is 5.65 Å². The van der Waals surface area contributed by atoms with E-state index in [1.54, 1.807) is 12.4 Å². The zero-order chi connectivity index (χ0) is 12.5. The van der Waals surface area contributed by atoms with Crippen LogP contribution in [0.25, 0.3) is 11.2 Å². The molecule has 0 bridgehead atoms. The zero-order valence-electron chi connectivity index (χ0n) is 10.9. The Labute approximate surface area is 107 Å². The van der Waals surface area contributed by atoms with Crippen molar-refractivity contribution in [3.05, 3.63) is 18.1 Å². The lowest BCUT2D eigenvalue weighted by atomic mass is 10.0. The average Bonchev–Trinajstić information content (AvgIpc) is 2.94. The molecular weight excluding hydrogens is 226 g/mol. The fourth-order valence-corrected chi connectivity index (χ4v) is 2.80. The third-order valence-electron chi connectivity index (χ3n) is 3.52. The first-order valence-electron chi connectivity index (χ1n) is 6.61. The van der Waals surface area contributed by atoms with E-state index in [1.165, 1.54) is 19.5 Å². The molecule has 2 aromatic rings. The van der Waals surface area contributed by atoms with Gasteiger partial charge < -0.3 is 4.90 Å². The van der Waals surface area contributed by atoms with Crippen molar-refractivity contribution < 1.29 is 0 Å². The van der Waals surface area contributed by atoms with Gasteiger partial charge in [-0.2, -0.15) is 5.10 Å². The number of nitrogens with one attached hydrogen (secondary N) is 1. The molecule has 1 aliphatic rings. The third kappa shape index (κ3) is 2.10. The number of hydrogen-bond donors (Lipinski definition) is 1. The fourth-order valence-electron chi connectivity index (χ4n) is 2.80. The van der Waals surface area contributed by atoms with Crippen LogP contribution in [0.5, 0.6) is 0 Å². The lowest BCUT2D eigenvalue weighted by Gasteiger charge is -2.17. The molecule has 0 aromatic carbocycles. The number of hydrogen-bond acceptors (Lipinski definition) is 4. The molecule has 0 saturated carbocycles. The largest absolute Gasteiger partial charge is 0.302 e. The number of fused-ring (bicyclic) bond motifs is 1. The summed E-state index contributed by atoms with van der Waals surface area (Å²) in [7, 11) is 0. The topological polar surface area (TPSA) is 57.7 Å². The second-order valence-electron chi connectivity index (χ2n) is 5.50. The van der Waals surface area contributed by atoms with Crippen LogP contribution in [0.15, 0.2) is 12.4 Å². The minimum Gasteiger partial charge on any atom is -0.302 e. The summed E-state index contributed by atoms with van der Waals surface area (Å²) in [5.41, 5.74) is 2.83. The number of aromatic amines is 1. The number of nitrogens with zero attached hydrogens (tertiary/aromatic N) is 4. The molecule has 18 heavy (non-hydrogen) atoms. The van der Waals surface area contributed by atoms with Gasteiger partial charge in [-0.05, 0) is 18.9 Å². The SMILES string of the molecule is CC(C)CN1CC[C@@H](c2[nH]nc3nccnc23)C1. The molecule has 0 unspecified atom stereocenters. The summed E-state index contributed by atoms with van der Waals surface area (Å²) in [5, 5.41) is 7.36. The quantitative estimate of drug-likeness (QED) is 0.895. The van der Waals surface area contributed by atoms with Gasteiger partial charge in [0, 0.05) is 31.4 Å². The molecule has 3 rings (SSSR count). The molecule has 0 radical (unpaired) electrons. The standard InChI is InChI=1S/C13H19N5/c1-9(2)7-18-6-3-10(8-18)11-12-13(17-16-11)15-5-4-14-12/h4-5,9-10H,3,6-8H2,1-2H3,(H,15,16,17)/t10-/m1/s1. The second-order valence-corrected chi connectivity index (χ2v) is 5.50. The lowest BCUT2D eigenvalue weighted by molar-refractivity contribution is 0.294. The van der Waals surface area contributed by atoms with Gasteiger partial charge in [-0.1, -0.05) is 13.8 Å². The zero-order valence-corrected chi connectivity index (χ0v) is 10.9. The summed E-state index contributed by atoms with van der Waals surface area (Å²) in [6, 6.07) is 0. The number of aromatic nitrogens is 4. The first kappa shape index (κ1) is 11.6. The van der Waals surface area contributed by atoms with Crippen molar-refractivity contribution in [3.63, 3.8) is 0 Å². The van der Waals surface area contributed by atoms with E-state index in [2.05, 4.69) is 38.9 Å². The number of rotatable bonds is 3. The van der Waals surface area contributed by atoms with Gasteiger partial charge in [-0.3, -0.25) is 5.10 Å². The molecular formula is C13H19N5. The van der Waals surface area contributed by atoms with Gasteiger partial charge in [-0.25, -0.2) is 9.97 Å². The monoisotopic (exact) mass is 245 g/mol. The molecule has 0 spiro atoms. The number of H-pyrrole nitrogens is 1. The number of likely N-dealkylation sites (tertiary alicyclic amines) is 1. The van der Waals surface area contributed by atoms with E-state index >= 15 is 0 Å². The van der Waals surface area contributed by atoms with E-state index in [9.17, 15) is 0 Å². The van der Waals surface area contributed by atoms with Crippen LogP contribution >= 0.6 is 0 Å². The molecule has 0 amide bonds. The van der Waals surface area contributed by atoms with E-state index in [1.807, 2.05) is 0 Å². The van der Waals surface area contributed by atoms with Gasteiger partial charge in [-0.15, -0.1) is 0 Å². The van der Waals surface area contributed by atoms with Crippen LogP contribution in [0.3, 0.4) is 0 Å². The van der Waals surface area contributed by atoms with Crippen molar-refractivity contribution in [2.24, 2.45) is 5.92 Å². The van der Waals surface area contributed by atoms with Crippen molar-refractivity contribution in [3.8, 4) is 0 Å². The summed E-state index contributed by atoms with van der Waals surface area (Å²) in [6.07, 6.45) is 4.61. The van der Waals surface area contributed by atoms with Crippen molar-refractivity contribution in [1.29, 1.82) is 0 Å². The Morgan fingerprint density at radius 2 is 2.22 bits per heavy atom. The molecule has 1 fully saturated rings. The molecule has 5 nitrogen and oxygen atoms in total. The summed E-state index contributed by atoms with van der Waals surface area (Å²) in [4.78, 5) is 11.1. The average molecular weight is 245 g/mol. The van der Waals surface area contributed by atoms with E-state index in [4.69, 9.17) is 0 Å². The molecule has 1 aliphatic heterocycles. The minimum atomic E-state index is 0.519. The Balaban J connectivity index is 1.80. The summed E-state index contributed by atoms with van der Waals surface area (Å²) in [6.45, 7) is 7.98. The van der Waals surface area contributed by atoms with Gasteiger partial charge >= 0.3 is 0 Å². The van der Waals surface area contributed by atoms with E-state index in [-0.39, 0.29) is 0 Å². The van der Waals surface area contributed by atoms with Crippen molar-refractivity contribution in [2.75, 3.05) is 19.6 Å². The highest BCUT2D eigenvalue weighted by atomic mass is 15.2. The van der Waals surface area contributed by atoms with Crippen LogP contribution in [-0.4, -0.2) is 44.7 Å². The van der Waals surface area contributed by atoms with Crippen LogP contribution in [0.4, 0.5) is 0 Å². The van der Waals surface area contributed by atoms with E-state index < -0.39 is 0 Å². The van der Waals surface area contributed by atoms with Gasteiger partial charge in [0.1, 0.15) is 5.52 Å². The molecule has 1 saturated heterocycles. The molecule has 1 N–H and O–H groups in total. The van der Waals surface area contributed by atoms with Gasteiger partial charge in [0.2, 0.25) is 0 Å². The van der Waals surface area contributed by atoms with Gasteiger partial charge in [0.05, 0.1) is 5.69 Å². The Morgan fingerprint density at radius 1 is 1.39 bits per heavy atom. The van der Waals surface area contributed by atoms with Crippen LogP contribution < -0.4 is 0 Å². The lowest BCUT2D eigenvalue weighted by Crippen LogP contribution is -2.25. The van der Waals surface area contributed by atoms with Crippen molar-refractivity contribution >= 4 is 11.2 Å². The smallest absolute Gasteiger partial charge is 0.199 e. The fraction of sp³-hybridized carbons (Fsp3) is 0.615. The summed E-state index contributed by atoms with van der Waals surface area (Å²) < 4.78 is 0. The Kier molecular flexibility index (Phi) is 2.99. The van der Waals surface area contributed by atoms with Crippen LogP contribution in [0.1, 0.15) is 31.9 Å². The highest BCUT2D eigenvalue weighted by Crippen LogP contribution is 2.29. The maximum atomic E-state index is 4.40. The maximum absolute atomic E-state index is 4.40. The van der Waals surface area contributed by atoms with E-state index in [0.29, 0.717) is 5.92 Å². The minimum absolute atomic E-state index is 0.519. The Morgan fingerprint density at radius 3 is 3.06 bits per heavy atom. The van der Waals surface area contributed by atoms with E-state index in [0.717, 1.165) is 29.3 Å². The molecule has 5 heteroatoms. The highest BCUT2D eigenvalue weighted by molar-refractivity contribution is 5.72. The van der Waals surface area contributed by atoms with Crippen LogP contribution in [0, 0.1) is 5.92 Å². The first-order chi connectivity index (χ1) is 8.74. The normalized spacial score (nSPS) is 21.2. The predicted octanol–water partition coefficient (Wildman–Crippen LogP) is 1.80. The first-order valence-corrected chi connectivity index (χ1v) is 6.61. The molecule has 2 aromatic heterocycles. The molecule has 0 aliphatic carbocycles. The summed E-state index contributed by atoms with van der Waals surface area (Å²) >= 11 is 0. The van der Waals surface area contributed by atoms with Crippen molar-refractivity contribution in [1.82, 2.24) is 25.1 Å².